The van der Waals surface area contributed by atoms with Crippen LogP contribution in [0.1, 0.15) is 28.1 Å². The highest BCUT2D eigenvalue weighted by molar-refractivity contribution is 14.0. The summed E-state index contributed by atoms with van der Waals surface area (Å²) in [5.74, 6) is 2.58. The lowest BCUT2D eigenvalue weighted by Crippen LogP contribution is -2.37. The van der Waals surface area contributed by atoms with Gasteiger partial charge in [0, 0.05) is 38.7 Å². The number of halogens is 1. The molecule has 29 heavy (non-hydrogen) atoms. The lowest BCUT2D eigenvalue weighted by Gasteiger charge is -2.13. The van der Waals surface area contributed by atoms with Crippen LogP contribution in [-0.2, 0) is 13.0 Å². The molecule has 1 aromatic carbocycles. The molecule has 0 saturated carbocycles. The summed E-state index contributed by atoms with van der Waals surface area (Å²) >= 11 is 0. The molecule has 0 aliphatic carbocycles. The lowest BCUT2D eigenvalue weighted by molar-refractivity contribution is 0.791. The Bertz CT molecular complexity index is 926. The first-order valence-electron chi connectivity index (χ1n) is 9.52. The summed E-state index contributed by atoms with van der Waals surface area (Å²) in [6, 6.07) is 10.7. The van der Waals surface area contributed by atoms with Gasteiger partial charge in [-0.3, -0.25) is 9.56 Å². The van der Waals surface area contributed by atoms with Crippen LogP contribution in [0.4, 0.5) is 0 Å². The van der Waals surface area contributed by atoms with Crippen molar-refractivity contribution in [3.8, 4) is 5.82 Å². The van der Waals surface area contributed by atoms with Gasteiger partial charge in [0.2, 0.25) is 0 Å². The fourth-order valence-corrected chi connectivity index (χ4v) is 3.23. The first-order valence-corrected chi connectivity index (χ1v) is 9.52. The molecule has 0 aliphatic heterocycles. The van der Waals surface area contributed by atoms with Gasteiger partial charge in [0.15, 0.2) is 5.96 Å². The Morgan fingerprint density at radius 3 is 2.34 bits per heavy atom. The molecule has 0 radical (unpaired) electrons. The minimum atomic E-state index is 0. The molecule has 0 fully saturated rings. The summed E-state index contributed by atoms with van der Waals surface area (Å²) in [6.45, 7) is 7.74. The topological polar surface area (TPSA) is 67.1 Å². The van der Waals surface area contributed by atoms with E-state index < -0.39 is 0 Å². The van der Waals surface area contributed by atoms with Gasteiger partial charge in [-0.15, -0.1) is 24.0 Å². The maximum atomic E-state index is 4.53. The van der Waals surface area contributed by atoms with E-state index in [1.807, 2.05) is 30.0 Å². The van der Waals surface area contributed by atoms with Gasteiger partial charge in [-0.25, -0.2) is 9.97 Å². The van der Waals surface area contributed by atoms with Crippen molar-refractivity contribution in [2.45, 2.75) is 33.7 Å². The lowest BCUT2D eigenvalue weighted by atomic mass is 10.1. The van der Waals surface area contributed by atoms with Crippen molar-refractivity contribution in [2.24, 2.45) is 4.99 Å². The van der Waals surface area contributed by atoms with E-state index in [0.717, 1.165) is 36.1 Å². The average Bonchev–Trinajstić information content (AvgIpc) is 3.10. The van der Waals surface area contributed by atoms with Gasteiger partial charge < -0.3 is 10.6 Å². The number of nitrogens with one attached hydrogen (secondary N) is 2. The summed E-state index contributed by atoms with van der Waals surface area (Å²) in [4.78, 5) is 13.1. The van der Waals surface area contributed by atoms with Gasteiger partial charge in [0.05, 0.1) is 0 Å². The Morgan fingerprint density at radius 2 is 1.76 bits per heavy atom. The Kier molecular flexibility index (Phi) is 8.63. The predicted octanol–water partition coefficient (Wildman–Crippen LogP) is 3.72. The van der Waals surface area contributed by atoms with Crippen molar-refractivity contribution in [2.75, 3.05) is 13.6 Å². The van der Waals surface area contributed by atoms with Crippen molar-refractivity contribution < 1.29 is 0 Å². The number of guanidine groups is 1. The van der Waals surface area contributed by atoms with E-state index in [-0.39, 0.29) is 24.0 Å². The highest BCUT2D eigenvalue weighted by Crippen LogP contribution is 2.09. The largest absolute Gasteiger partial charge is 0.356 e. The van der Waals surface area contributed by atoms with Gasteiger partial charge in [-0.1, -0.05) is 35.4 Å². The highest BCUT2D eigenvalue weighted by Gasteiger charge is 2.03. The Labute approximate surface area is 189 Å². The van der Waals surface area contributed by atoms with Gasteiger partial charge in [0.25, 0.3) is 0 Å². The maximum Gasteiger partial charge on any atom is 0.191 e. The van der Waals surface area contributed by atoms with Gasteiger partial charge in [-0.2, -0.15) is 0 Å². The van der Waals surface area contributed by atoms with Gasteiger partial charge in [-0.05, 0) is 44.4 Å². The molecule has 2 N–H and O–H groups in total. The van der Waals surface area contributed by atoms with E-state index in [0.29, 0.717) is 6.54 Å². The van der Waals surface area contributed by atoms with Crippen LogP contribution < -0.4 is 10.6 Å². The fourth-order valence-electron chi connectivity index (χ4n) is 3.23. The zero-order valence-corrected chi connectivity index (χ0v) is 19.8. The molecule has 0 bridgehead atoms. The van der Waals surface area contributed by atoms with E-state index in [9.17, 15) is 0 Å². The molecule has 7 heteroatoms. The molecule has 2 heterocycles. The first-order chi connectivity index (χ1) is 13.5. The third kappa shape index (κ3) is 6.56. The monoisotopic (exact) mass is 504 g/mol. The summed E-state index contributed by atoms with van der Waals surface area (Å²) in [5, 5.41) is 6.71. The molecule has 3 aromatic rings. The fraction of sp³-hybridized carbons (Fsp3) is 0.318. The molecule has 3 rings (SSSR count). The average molecular weight is 504 g/mol. The second-order valence-corrected chi connectivity index (χ2v) is 6.97. The van der Waals surface area contributed by atoms with E-state index in [1.165, 1.54) is 16.7 Å². The number of pyridine rings is 1. The summed E-state index contributed by atoms with van der Waals surface area (Å²) < 4.78 is 1.96. The van der Waals surface area contributed by atoms with E-state index in [4.69, 9.17) is 0 Å². The standard InChI is InChI=1S/C22H28N6.HI/c1-16-11-17(2)13-19(12-16)7-8-25-22(23-4)27-15-20-5-6-21(26-14-20)28-10-9-24-18(28)3;/h5-6,9-14H,7-8,15H2,1-4H3,(H2,23,25,27);1H. The summed E-state index contributed by atoms with van der Waals surface area (Å²) in [5.41, 5.74) is 5.05. The minimum Gasteiger partial charge on any atom is -0.356 e. The number of hydrogen-bond donors (Lipinski definition) is 2. The van der Waals surface area contributed by atoms with Crippen molar-refractivity contribution in [1.29, 1.82) is 0 Å². The molecule has 0 aliphatic rings. The maximum absolute atomic E-state index is 4.53. The van der Waals surface area contributed by atoms with Crippen LogP contribution in [-0.4, -0.2) is 34.1 Å². The highest BCUT2D eigenvalue weighted by atomic mass is 127. The molecule has 0 unspecified atom stereocenters. The van der Waals surface area contributed by atoms with Gasteiger partial charge in [0.1, 0.15) is 11.6 Å². The molecule has 0 atom stereocenters. The van der Waals surface area contributed by atoms with E-state index in [2.05, 4.69) is 63.7 Å². The number of nitrogens with zero attached hydrogens (tertiary/aromatic N) is 4. The van der Waals surface area contributed by atoms with Crippen LogP contribution >= 0.6 is 24.0 Å². The van der Waals surface area contributed by atoms with Crippen molar-refractivity contribution >= 4 is 29.9 Å². The molecular formula is C22H29IN6. The molecule has 0 spiro atoms. The predicted molar refractivity (Wildman–Crippen MR) is 129 cm³/mol. The van der Waals surface area contributed by atoms with Crippen molar-refractivity contribution in [1.82, 2.24) is 25.2 Å². The number of aliphatic imine (C=N–C) groups is 1. The molecule has 154 valence electrons. The number of benzene rings is 1. The van der Waals surface area contributed by atoms with Crippen LogP contribution in [0.3, 0.4) is 0 Å². The van der Waals surface area contributed by atoms with Crippen LogP contribution in [0, 0.1) is 20.8 Å². The Morgan fingerprint density at radius 1 is 1.00 bits per heavy atom. The number of aromatic nitrogens is 3. The minimum absolute atomic E-state index is 0. The molecule has 0 amide bonds. The van der Waals surface area contributed by atoms with Crippen LogP contribution in [0.25, 0.3) is 5.82 Å². The van der Waals surface area contributed by atoms with Crippen molar-refractivity contribution in [3.63, 3.8) is 0 Å². The summed E-state index contributed by atoms with van der Waals surface area (Å²) in [7, 11) is 1.79. The first kappa shape index (κ1) is 22.9. The van der Waals surface area contributed by atoms with Crippen LogP contribution in [0.5, 0.6) is 0 Å². The SMILES string of the molecule is CN=C(NCCc1cc(C)cc(C)c1)NCc1ccc(-n2ccnc2C)nc1.I. The molecule has 6 nitrogen and oxygen atoms in total. The Balaban J connectivity index is 0.00000300. The second-order valence-electron chi connectivity index (χ2n) is 6.97. The zero-order valence-electron chi connectivity index (χ0n) is 17.4. The molecule has 0 saturated heterocycles. The van der Waals surface area contributed by atoms with E-state index in [1.54, 1.807) is 13.2 Å². The van der Waals surface area contributed by atoms with Crippen LogP contribution in [0.2, 0.25) is 0 Å². The second kappa shape index (κ2) is 10.9. The molecular weight excluding hydrogens is 475 g/mol. The number of imidazole rings is 1. The normalized spacial score (nSPS) is 11.1. The van der Waals surface area contributed by atoms with Crippen LogP contribution in [0.15, 0.2) is 53.9 Å². The quantitative estimate of drug-likeness (QED) is 0.305. The summed E-state index contributed by atoms with van der Waals surface area (Å²) in [6.07, 6.45) is 6.53. The zero-order chi connectivity index (χ0) is 19.9. The van der Waals surface area contributed by atoms with Gasteiger partial charge >= 0.3 is 0 Å². The smallest absolute Gasteiger partial charge is 0.191 e. The number of rotatable bonds is 6. The third-order valence-corrected chi connectivity index (χ3v) is 4.55. The Hall–Kier alpha value is -2.42. The van der Waals surface area contributed by atoms with Crippen molar-refractivity contribution in [3.05, 3.63) is 77.0 Å². The third-order valence-electron chi connectivity index (χ3n) is 4.55. The van der Waals surface area contributed by atoms with E-state index >= 15 is 0 Å². The number of hydrogen-bond acceptors (Lipinski definition) is 3. The molecule has 2 aromatic heterocycles. The number of aryl methyl sites for hydroxylation is 3.